The number of nitrogens with one attached hydrogen (secondary N) is 2. The van der Waals surface area contributed by atoms with Gasteiger partial charge >= 0.3 is 0 Å². The van der Waals surface area contributed by atoms with E-state index in [-0.39, 0.29) is 10.7 Å². The Bertz CT molecular complexity index is 508. The molecule has 0 bridgehead atoms. The zero-order valence-electron chi connectivity index (χ0n) is 10.2. The molecule has 0 aliphatic carbocycles. The van der Waals surface area contributed by atoms with Crippen LogP contribution in [0.2, 0.25) is 5.02 Å². The summed E-state index contributed by atoms with van der Waals surface area (Å²) >= 11 is 5.52. The van der Waals surface area contributed by atoms with Gasteiger partial charge in [-0.3, -0.25) is 4.72 Å². The third kappa shape index (κ3) is 4.12. The van der Waals surface area contributed by atoms with Gasteiger partial charge in [-0.1, -0.05) is 18.5 Å². The maximum Gasteiger partial charge on any atom is 0.236 e. The standard InChI is InChI=1S/C11H16ClFN2O2S/c1-3-14-7-8(2)18(16,17)15-9-4-5-10(12)11(13)6-9/h4-6,8,14-15H,3,7H2,1-2H3. The second kappa shape index (κ2) is 6.36. The molecule has 0 saturated carbocycles. The van der Waals surface area contributed by atoms with Crippen LogP contribution >= 0.6 is 11.6 Å². The predicted octanol–water partition coefficient (Wildman–Crippen LogP) is 2.22. The van der Waals surface area contributed by atoms with E-state index in [0.29, 0.717) is 13.1 Å². The lowest BCUT2D eigenvalue weighted by molar-refractivity contribution is 0.579. The van der Waals surface area contributed by atoms with Gasteiger partial charge < -0.3 is 5.32 Å². The van der Waals surface area contributed by atoms with Crippen molar-refractivity contribution in [3.05, 3.63) is 29.0 Å². The van der Waals surface area contributed by atoms with E-state index >= 15 is 0 Å². The molecule has 1 unspecified atom stereocenters. The number of halogens is 2. The highest BCUT2D eigenvalue weighted by Crippen LogP contribution is 2.20. The summed E-state index contributed by atoms with van der Waals surface area (Å²) in [5.41, 5.74) is 0.167. The van der Waals surface area contributed by atoms with Crippen LogP contribution in [0, 0.1) is 5.82 Å². The summed E-state index contributed by atoms with van der Waals surface area (Å²) in [6.07, 6.45) is 0. The van der Waals surface area contributed by atoms with Crippen LogP contribution in [0.1, 0.15) is 13.8 Å². The molecule has 0 aliphatic rings. The molecule has 7 heteroatoms. The average Bonchev–Trinajstić information content (AvgIpc) is 2.30. The third-order valence-electron chi connectivity index (χ3n) is 2.39. The van der Waals surface area contributed by atoms with Crippen molar-refractivity contribution in [2.75, 3.05) is 17.8 Å². The summed E-state index contributed by atoms with van der Waals surface area (Å²) in [6.45, 7) is 4.50. The molecule has 1 atom stereocenters. The molecule has 0 amide bonds. The summed E-state index contributed by atoms with van der Waals surface area (Å²) < 4.78 is 39.3. The minimum absolute atomic E-state index is 0.0429. The van der Waals surface area contributed by atoms with Gasteiger partial charge in [0.2, 0.25) is 10.0 Å². The fraction of sp³-hybridized carbons (Fsp3) is 0.455. The number of hydrogen-bond acceptors (Lipinski definition) is 3. The lowest BCUT2D eigenvalue weighted by Crippen LogP contribution is -2.34. The van der Waals surface area contributed by atoms with E-state index in [1.165, 1.54) is 12.1 Å². The van der Waals surface area contributed by atoms with Crippen LogP contribution in [0.3, 0.4) is 0 Å². The van der Waals surface area contributed by atoms with Gasteiger partial charge in [-0.05, 0) is 31.7 Å². The van der Waals surface area contributed by atoms with Crippen molar-refractivity contribution in [3.63, 3.8) is 0 Å². The minimum Gasteiger partial charge on any atom is -0.316 e. The lowest BCUT2D eigenvalue weighted by Gasteiger charge is -2.15. The number of anilines is 1. The van der Waals surface area contributed by atoms with Crippen LogP contribution < -0.4 is 10.0 Å². The summed E-state index contributed by atoms with van der Waals surface area (Å²) in [6, 6.07) is 3.78. The van der Waals surface area contributed by atoms with E-state index in [1.54, 1.807) is 6.92 Å². The topological polar surface area (TPSA) is 58.2 Å². The maximum atomic E-state index is 13.2. The first-order chi connectivity index (χ1) is 8.36. The monoisotopic (exact) mass is 294 g/mol. The highest BCUT2D eigenvalue weighted by atomic mass is 35.5. The molecule has 0 saturated heterocycles. The van der Waals surface area contributed by atoms with Gasteiger partial charge in [0.25, 0.3) is 0 Å². The Morgan fingerprint density at radius 1 is 1.44 bits per heavy atom. The second-order valence-corrected chi connectivity index (χ2v) is 6.40. The molecule has 0 aromatic heterocycles. The molecular weight excluding hydrogens is 279 g/mol. The number of sulfonamides is 1. The minimum atomic E-state index is -3.54. The van der Waals surface area contributed by atoms with Gasteiger partial charge in [-0.15, -0.1) is 0 Å². The van der Waals surface area contributed by atoms with Crippen LogP contribution in [-0.2, 0) is 10.0 Å². The van der Waals surface area contributed by atoms with Crippen LogP contribution in [-0.4, -0.2) is 26.8 Å². The number of rotatable bonds is 6. The zero-order valence-corrected chi connectivity index (χ0v) is 11.8. The number of hydrogen-bond donors (Lipinski definition) is 2. The molecule has 1 aromatic rings. The molecule has 0 aliphatic heterocycles. The fourth-order valence-corrected chi connectivity index (χ4v) is 2.39. The SMILES string of the molecule is CCNCC(C)S(=O)(=O)Nc1ccc(Cl)c(F)c1. The Morgan fingerprint density at radius 3 is 2.67 bits per heavy atom. The van der Waals surface area contributed by atoms with Gasteiger partial charge in [-0.2, -0.15) is 0 Å². The van der Waals surface area contributed by atoms with Crippen molar-refractivity contribution in [1.82, 2.24) is 5.32 Å². The second-order valence-electron chi connectivity index (χ2n) is 3.89. The Morgan fingerprint density at radius 2 is 2.11 bits per heavy atom. The highest BCUT2D eigenvalue weighted by Gasteiger charge is 2.20. The molecule has 4 nitrogen and oxygen atoms in total. The summed E-state index contributed by atoms with van der Waals surface area (Å²) in [4.78, 5) is 0. The first kappa shape index (κ1) is 15.2. The highest BCUT2D eigenvalue weighted by molar-refractivity contribution is 7.93. The Hall–Kier alpha value is -0.850. The molecule has 18 heavy (non-hydrogen) atoms. The van der Waals surface area contributed by atoms with Gasteiger partial charge in [0.15, 0.2) is 0 Å². The van der Waals surface area contributed by atoms with Gasteiger partial charge in [0.05, 0.1) is 16.0 Å². The van der Waals surface area contributed by atoms with Crippen molar-refractivity contribution >= 4 is 27.3 Å². The van der Waals surface area contributed by atoms with Crippen LogP contribution in [0.15, 0.2) is 18.2 Å². The summed E-state index contributed by atoms with van der Waals surface area (Å²) in [5, 5.41) is 2.29. The molecule has 2 N–H and O–H groups in total. The molecule has 0 heterocycles. The van der Waals surface area contributed by atoms with Gasteiger partial charge in [0.1, 0.15) is 5.82 Å². The molecule has 0 fully saturated rings. The Labute approximate surface area is 112 Å². The fourth-order valence-electron chi connectivity index (χ4n) is 1.28. The molecular formula is C11H16ClFN2O2S. The predicted molar refractivity (Wildman–Crippen MR) is 72.0 cm³/mol. The van der Waals surface area contributed by atoms with E-state index < -0.39 is 21.1 Å². The van der Waals surface area contributed by atoms with E-state index in [9.17, 15) is 12.8 Å². The third-order valence-corrected chi connectivity index (χ3v) is 4.44. The van der Waals surface area contributed by atoms with Crippen molar-refractivity contribution in [1.29, 1.82) is 0 Å². The van der Waals surface area contributed by atoms with Crippen molar-refractivity contribution in [2.45, 2.75) is 19.1 Å². The zero-order chi connectivity index (χ0) is 13.8. The van der Waals surface area contributed by atoms with E-state index in [4.69, 9.17) is 11.6 Å². The first-order valence-corrected chi connectivity index (χ1v) is 7.46. The van der Waals surface area contributed by atoms with E-state index in [2.05, 4.69) is 10.0 Å². The smallest absolute Gasteiger partial charge is 0.236 e. The Balaban J connectivity index is 2.78. The lowest BCUT2D eigenvalue weighted by atomic mass is 10.3. The van der Waals surface area contributed by atoms with E-state index in [1.807, 2.05) is 6.92 Å². The number of benzene rings is 1. The maximum absolute atomic E-state index is 13.2. The van der Waals surface area contributed by atoms with Crippen LogP contribution in [0.5, 0.6) is 0 Å². The largest absolute Gasteiger partial charge is 0.316 e. The quantitative estimate of drug-likeness (QED) is 0.846. The normalized spacial score (nSPS) is 13.3. The molecule has 0 radical (unpaired) electrons. The molecule has 102 valence electrons. The molecule has 0 spiro atoms. The molecule has 1 rings (SSSR count). The average molecular weight is 295 g/mol. The van der Waals surface area contributed by atoms with Crippen LogP contribution in [0.25, 0.3) is 0 Å². The Kier molecular flexibility index (Phi) is 5.37. The van der Waals surface area contributed by atoms with E-state index in [0.717, 1.165) is 6.07 Å². The van der Waals surface area contributed by atoms with Gasteiger partial charge in [-0.25, -0.2) is 12.8 Å². The van der Waals surface area contributed by atoms with Crippen molar-refractivity contribution < 1.29 is 12.8 Å². The first-order valence-electron chi connectivity index (χ1n) is 5.54. The van der Waals surface area contributed by atoms with Crippen molar-refractivity contribution in [3.8, 4) is 0 Å². The van der Waals surface area contributed by atoms with Gasteiger partial charge in [0, 0.05) is 6.54 Å². The van der Waals surface area contributed by atoms with Crippen molar-refractivity contribution in [2.24, 2.45) is 0 Å². The molecule has 1 aromatic carbocycles. The van der Waals surface area contributed by atoms with Crippen LogP contribution in [0.4, 0.5) is 10.1 Å². The summed E-state index contributed by atoms with van der Waals surface area (Å²) in [7, 11) is -3.54. The summed E-state index contributed by atoms with van der Waals surface area (Å²) in [5.74, 6) is -0.656.